The van der Waals surface area contributed by atoms with Crippen molar-refractivity contribution in [1.29, 1.82) is 0 Å². The lowest BCUT2D eigenvalue weighted by molar-refractivity contribution is -0.135. The number of rotatable bonds is 5. The standard InChI is InChI=1S/C21H34ClN5O2S/c1-14-12-26(8-9-27(14)18(29)11-20(2,3)4)16-10-15(22)23-19(24-16)30-13-17(28)25-21(5,6)7/h10,14H,8-9,11-13H2,1-7H3,(H,25,28). The monoisotopic (exact) mass is 455 g/mol. The molecule has 7 nitrogen and oxygen atoms in total. The van der Waals surface area contributed by atoms with Crippen LogP contribution in [0.2, 0.25) is 5.15 Å². The topological polar surface area (TPSA) is 78.4 Å². The lowest BCUT2D eigenvalue weighted by atomic mass is 9.91. The lowest BCUT2D eigenvalue weighted by Crippen LogP contribution is -2.54. The number of aromatic nitrogens is 2. The van der Waals surface area contributed by atoms with E-state index in [9.17, 15) is 9.59 Å². The molecule has 0 aliphatic carbocycles. The third kappa shape index (κ3) is 7.95. The summed E-state index contributed by atoms with van der Waals surface area (Å²) in [7, 11) is 0. The lowest BCUT2D eigenvalue weighted by Gasteiger charge is -2.41. The molecule has 9 heteroatoms. The van der Waals surface area contributed by atoms with Crippen molar-refractivity contribution in [1.82, 2.24) is 20.2 Å². The minimum atomic E-state index is -0.280. The van der Waals surface area contributed by atoms with Gasteiger partial charge in [-0.2, -0.15) is 0 Å². The van der Waals surface area contributed by atoms with E-state index >= 15 is 0 Å². The molecule has 1 N–H and O–H groups in total. The Morgan fingerprint density at radius 3 is 2.43 bits per heavy atom. The molecular weight excluding hydrogens is 422 g/mol. The number of anilines is 1. The van der Waals surface area contributed by atoms with E-state index in [-0.39, 0.29) is 34.6 Å². The number of nitrogens with one attached hydrogen (secondary N) is 1. The van der Waals surface area contributed by atoms with Crippen molar-refractivity contribution in [2.24, 2.45) is 5.41 Å². The van der Waals surface area contributed by atoms with Gasteiger partial charge in [0, 0.05) is 43.7 Å². The van der Waals surface area contributed by atoms with E-state index in [1.54, 1.807) is 6.07 Å². The van der Waals surface area contributed by atoms with Crippen molar-refractivity contribution in [3.05, 3.63) is 11.2 Å². The predicted molar refractivity (Wildman–Crippen MR) is 123 cm³/mol. The number of carbonyl (C=O) groups is 2. The van der Waals surface area contributed by atoms with Crippen LogP contribution in [0.1, 0.15) is 54.9 Å². The van der Waals surface area contributed by atoms with E-state index in [2.05, 4.69) is 47.9 Å². The number of carbonyl (C=O) groups excluding carboxylic acids is 2. The molecule has 1 aliphatic rings. The van der Waals surface area contributed by atoms with Crippen molar-refractivity contribution >= 4 is 41.0 Å². The van der Waals surface area contributed by atoms with Gasteiger partial charge in [-0.3, -0.25) is 9.59 Å². The van der Waals surface area contributed by atoms with Crippen LogP contribution in [0.5, 0.6) is 0 Å². The number of hydrogen-bond acceptors (Lipinski definition) is 6. The van der Waals surface area contributed by atoms with Crippen LogP contribution in [-0.2, 0) is 9.59 Å². The van der Waals surface area contributed by atoms with Crippen LogP contribution in [0.4, 0.5) is 5.82 Å². The van der Waals surface area contributed by atoms with Crippen LogP contribution >= 0.6 is 23.4 Å². The number of piperazine rings is 1. The second-order valence-electron chi connectivity index (χ2n) is 10.0. The summed E-state index contributed by atoms with van der Waals surface area (Å²) in [6.45, 7) is 16.1. The van der Waals surface area contributed by atoms with Gasteiger partial charge in [-0.25, -0.2) is 9.97 Å². The smallest absolute Gasteiger partial charge is 0.230 e. The Morgan fingerprint density at radius 2 is 1.87 bits per heavy atom. The summed E-state index contributed by atoms with van der Waals surface area (Å²) < 4.78 is 0. The fourth-order valence-corrected chi connectivity index (χ4v) is 4.17. The molecule has 1 aliphatic heterocycles. The van der Waals surface area contributed by atoms with Crippen molar-refractivity contribution in [2.45, 2.75) is 71.6 Å². The fraction of sp³-hybridized carbons (Fsp3) is 0.714. The Morgan fingerprint density at radius 1 is 1.20 bits per heavy atom. The molecule has 2 amide bonds. The van der Waals surface area contributed by atoms with Gasteiger partial charge in [-0.15, -0.1) is 0 Å². The first kappa shape index (κ1) is 24.7. The summed E-state index contributed by atoms with van der Waals surface area (Å²) >= 11 is 7.49. The van der Waals surface area contributed by atoms with Gasteiger partial charge < -0.3 is 15.1 Å². The highest BCUT2D eigenvalue weighted by Gasteiger charge is 2.30. The molecule has 0 bridgehead atoms. The number of hydrogen-bond donors (Lipinski definition) is 1. The second-order valence-corrected chi connectivity index (χ2v) is 11.4. The van der Waals surface area contributed by atoms with Gasteiger partial charge in [0.05, 0.1) is 5.75 Å². The molecule has 0 radical (unpaired) electrons. The third-order valence-electron chi connectivity index (χ3n) is 4.46. The molecule has 2 heterocycles. The maximum atomic E-state index is 12.6. The zero-order valence-corrected chi connectivity index (χ0v) is 20.7. The van der Waals surface area contributed by atoms with E-state index in [0.29, 0.717) is 36.4 Å². The zero-order valence-electron chi connectivity index (χ0n) is 19.1. The second kappa shape index (κ2) is 9.73. The molecule has 1 atom stereocenters. The molecule has 168 valence electrons. The minimum Gasteiger partial charge on any atom is -0.353 e. The number of halogens is 1. The molecule has 1 unspecified atom stereocenters. The summed E-state index contributed by atoms with van der Waals surface area (Å²) in [5, 5.41) is 3.74. The highest BCUT2D eigenvalue weighted by atomic mass is 35.5. The largest absolute Gasteiger partial charge is 0.353 e. The summed E-state index contributed by atoms with van der Waals surface area (Å²) in [5.41, 5.74) is -0.308. The molecule has 1 aromatic heterocycles. The molecule has 0 aromatic carbocycles. The summed E-state index contributed by atoms with van der Waals surface area (Å²) in [6, 6.07) is 1.82. The maximum absolute atomic E-state index is 12.6. The Labute approximate surface area is 189 Å². The highest BCUT2D eigenvalue weighted by Crippen LogP contribution is 2.26. The van der Waals surface area contributed by atoms with Crippen molar-refractivity contribution in [2.75, 3.05) is 30.3 Å². The average molecular weight is 456 g/mol. The Bertz CT molecular complexity index is 776. The molecule has 1 aromatic rings. The summed E-state index contributed by atoms with van der Waals surface area (Å²) in [4.78, 5) is 37.6. The molecule has 0 spiro atoms. The van der Waals surface area contributed by atoms with E-state index in [0.717, 1.165) is 5.82 Å². The number of nitrogens with zero attached hydrogens (tertiary/aromatic N) is 4. The van der Waals surface area contributed by atoms with Gasteiger partial charge >= 0.3 is 0 Å². The highest BCUT2D eigenvalue weighted by molar-refractivity contribution is 7.99. The van der Waals surface area contributed by atoms with Crippen LogP contribution < -0.4 is 10.2 Å². The molecule has 1 saturated heterocycles. The van der Waals surface area contributed by atoms with Gasteiger partial charge in [0.15, 0.2) is 5.16 Å². The van der Waals surface area contributed by atoms with Crippen LogP contribution in [-0.4, -0.2) is 63.7 Å². The number of amides is 2. The van der Waals surface area contributed by atoms with Crippen LogP contribution in [0.3, 0.4) is 0 Å². The molecular formula is C21H34ClN5O2S. The van der Waals surface area contributed by atoms with E-state index < -0.39 is 0 Å². The summed E-state index contributed by atoms with van der Waals surface area (Å²) in [6.07, 6.45) is 0.536. The molecule has 2 rings (SSSR count). The first-order valence-corrected chi connectivity index (χ1v) is 11.6. The predicted octanol–water partition coefficient (Wildman–Crippen LogP) is 3.61. The van der Waals surface area contributed by atoms with Crippen molar-refractivity contribution in [3.8, 4) is 0 Å². The Hall–Kier alpha value is -1.54. The first-order chi connectivity index (χ1) is 13.7. The van der Waals surface area contributed by atoms with Gasteiger partial charge in [0.2, 0.25) is 11.8 Å². The minimum absolute atomic E-state index is 0.0283. The Balaban J connectivity index is 2.01. The molecule has 30 heavy (non-hydrogen) atoms. The SMILES string of the molecule is CC1CN(c2cc(Cl)nc(SCC(=O)NC(C)(C)C)n2)CCN1C(=O)CC(C)(C)C. The van der Waals surface area contributed by atoms with Gasteiger partial charge in [-0.1, -0.05) is 44.1 Å². The number of thioether (sulfide) groups is 1. The van der Waals surface area contributed by atoms with Gasteiger partial charge in [-0.05, 0) is 33.1 Å². The van der Waals surface area contributed by atoms with E-state index in [1.807, 2.05) is 25.7 Å². The molecule has 0 saturated carbocycles. The van der Waals surface area contributed by atoms with Gasteiger partial charge in [0.25, 0.3) is 0 Å². The quantitative estimate of drug-likeness (QED) is 0.415. The first-order valence-electron chi connectivity index (χ1n) is 10.3. The van der Waals surface area contributed by atoms with E-state index in [4.69, 9.17) is 11.6 Å². The van der Waals surface area contributed by atoms with Crippen LogP contribution in [0.15, 0.2) is 11.2 Å². The summed E-state index contributed by atoms with van der Waals surface area (Å²) in [5.74, 6) is 1.07. The molecule has 1 fully saturated rings. The normalized spacial score (nSPS) is 17.8. The van der Waals surface area contributed by atoms with Crippen LogP contribution in [0, 0.1) is 5.41 Å². The van der Waals surface area contributed by atoms with Crippen molar-refractivity contribution < 1.29 is 9.59 Å². The average Bonchev–Trinajstić information content (AvgIpc) is 2.56. The van der Waals surface area contributed by atoms with E-state index in [1.165, 1.54) is 11.8 Å². The van der Waals surface area contributed by atoms with Crippen LogP contribution in [0.25, 0.3) is 0 Å². The fourth-order valence-electron chi connectivity index (χ4n) is 3.29. The van der Waals surface area contributed by atoms with Crippen molar-refractivity contribution in [3.63, 3.8) is 0 Å². The third-order valence-corrected chi connectivity index (χ3v) is 5.50. The maximum Gasteiger partial charge on any atom is 0.230 e. The van der Waals surface area contributed by atoms with Gasteiger partial charge in [0.1, 0.15) is 11.0 Å². The zero-order chi connectivity index (χ0) is 22.7. The Kier molecular flexibility index (Phi) is 8.02.